The van der Waals surface area contributed by atoms with Crippen LogP contribution in [0, 0.1) is 0 Å². The van der Waals surface area contributed by atoms with Crippen LogP contribution in [0.3, 0.4) is 0 Å². The van der Waals surface area contributed by atoms with Gasteiger partial charge in [0.05, 0.1) is 16.6 Å². The van der Waals surface area contributed by atoms with Crippen LogP contribution in [0.1, 0.15) is 34.8 Å². The molecule has 0 saturated carbocycles. The first-order valence-electron chi connectivity index (χ1n) is 9.53. The molecule has 0 bridgehead atoms. The first-order chi connectivity index (χ1) is 14.4. The highest BCUT2D eigenvalue weighted by Gasteiger charge is 2.30. The highest BCUT2D eigenvalue weighted by atomic mass is 79.9. The van der Waals surface area contributed by atoms with Crippen LogP contribution >= 0.6 is 15.9 Å². The number of anilines is 1. The average Bonchev–Trinajstić information content (AvgIpc) is 3.24. The lowest BCUT2D eigenvalue weighted by Gasteiger charge is -2.25. The van der Waals surface area contributed by atoms with Gasteiger partial charge in [-0.1, -0.05) is 28.1 Å². The molecule has 3 aromatic rings. The number of hydrogen-bond acceptors (Lipinski definition) is 4. The van der Waals surface area contributed by atoms with Gasteiger partial charge in [0.2, 0.25) is 0 Å². The second kappa shape index (κ2) is 8.57. The van der Waals surface area contributed by atoms with Gasteiger partial charge >= 0.3 is 0 Å². The lowest BCUT2D eigenvalue weighted by atomic mass is 10.0. The third-order valence-corrected chi connectivity index (χ3v) is 6.98. The Kier molecular flexibility index (Phi) is 5.87. The highest BCUT2D eigenvalue weighted by molar-refractivity contribution is 9.10. The van der Waals surface area contributed by atoms with Gasteiger partial charge in [-0.25, -0.2) is 8.42 Å². The summed E-state index contributed by atoms with van der Waals surface area (Å²) < 4.78 is 28.6. The predicted octanol–water partition coefficient (Wildman–Crippen LogP) is 4.62. The number of aromatic nitrogens is 1. The van der Waals surface area contributed by atoms with Gasteiger partial charge in [-0.05, 0) is 66.9 Å². The van der Waals surface area contributed by atoms with Gasteiger partial charge in [0, 0.05) is 29.0 Å². The van der Waals surface area contributed by atoms with E-state index in [1.54, 1.807) is 24.3 Å². The molecule has 1 fully saturated rings. The molecule has 1 aliphatic heterocycles. The van der Waals surface area contributed by atoms with Crippen molar-refractivity contribution in [3.8, 4) is 0 Å². The molecule has 1 unspecified atom stereocenters. The number of carbonyl (C=O) groups is 1. The van der Waals surface area contributed by atoms with Crippen molar-refractivity contribution in [3.05, 3.63) is 88.7 Å². The van der Waals surface area contributed by atoms with Crippen molar-refractivity contribution in [2.75, 3.05) is 11.3 Å². The largest absolute Gasteiger partial charge is 0.332 e. The van der Waals surface area contributed by atoms with E-state index in [9.17, 15) is 13.2 Å². The minimum Gasteiger partial charge on any atom is -0.332 e. The molecule has 0 spiro atoms. The quantitative estimate of drug-likeness (QED) is 0.571. The lowest BCUT2D eigenvalue weighted by Crippen LogP contribution is -2.30. The van der Waals surface area contributed by atoms with Crippen LogP contribution in [0.5, 0.6) is 0 Å². The van der Waals surface area contributed by atoms with Crippen LogP contribution in [-0.4, -0.2) is 30.8 Å². The van der Waals surface area contributed by atoms with Crippen molar-refractivity contribution in [3.63, 3.8) is 0 Å². The van der Waals surface area contributed by atoms with Crippen molar-refractivity contribution in [1.29, 1.82) is 0 Å². The molecule has 1 saturated heterocycles. The Morgan fingerprint density at radius 3 is 2.50 bits per heavy atom. The maximum absolute atomic E-state index is 13.1. The zero-order valence-corrected chi connectivity index (χ0v) is 18.4. The number of hydrogen-bond donors (Lipinski definition) is 1. The van der Waals surface area contributed by atoms with Crippen LogP contribution in [0.15, 0.2) is 82.4 Å². The predicted molar refractivity (Wildman–Crippen MR) is 119 cm³/mol. The topological polar surface area (TPSA) is 79.4 Å². The van der Waals surface area contributed by atoms with Crippen LogP contribution < -0.4 is 4.72 Å². The fourth-order valence-corrected chi connectivity index (χ4v) is 5.12. The number of benzene rings is 2. The molecule has 1 N–H and O–H groups in total. The van der Waals surface area contributed by atoms with Crippen LogP contribution in [0.4, 0.5) is 5.69 Å². The number of nitrogens with one attached hydrogen (secondary N) is 1. The molecule has 4 rings (SSSR count). The highest BCUT2D eigenvalue weighted by Crippen LogP contribution is 2.34. The van der Waals surface area contributed by atoms with E-state index >= 15 is 0 Å². The zero-order valence-electron chi connectivity index (χ0n) is 16.0. The molecule has 0 radical (unpaired) electrons. The monoisotopic (exact) mass is 485 g/mol. The Balaban J connectivity index is 1.53. The summed E-state index contributed by atoms with van der Waals surface area (Å²) in [5.74, 6) is -0.0940. The van der Waals surface area contributed by atoms with Crippen LogP contribution in [-0.2, 0) is 10.0 Å². The van der Waals surface area contributed by atoms with Gasteiger partial charge in [0.15, 0.2) is 0 Å². The summed E-state index contributed by atoms with van der Waals surface area (Å²) in [5.41, 5.74) is 2.00. The molecule has 1 aromatic heterocycles. The fraction of sp³-hybridized carbons (Fsp3) is 0.182. The van der Waals surface area contributed by atoms with E-state index < -0.39 is 10.0 Å². The Bertz CT molecular complexity index is 1150. The molecular weight excluding hydrogens is 466 g/mol. The summed E-state index contributed by atoms with van der Waals surface area (Å²) >= 11 is 3.49. The molecule has 8 heteroatoms. The number of nitrogens with zero attached hydrogens (tertiary/aromatic N) is 2. The molecule has 1 aliphatic rings. The van der Waals surface area contributed by atoms with Crippen LogP contribution in [0.25, 0.3) is 0 Å². The van der Waals surface area contributed by atoms with Gasteiger partial charge in [-0.2, -0.15) is 0 Å². The fourth-order valence-electron chi connectivity index (χ4n) is 3.65. The number of rotatable bonds is 5. The first kappa shape index (κ1) is 20.6. The third kappa shape index (κ3) is 4.39. The summed E-state index contributed by atoms with van der Waals surface area (Å²) in [7, 11) is -3.74. The van der Waals surface area contributed by atoms with Gasteiger partial charge in [-0.3, -0.25) is 14.5 Å². The van der Waals surface area contributed by atoms with E-state index in [0.717, 1.165) is 22.9 Å². The second-order valence-electron chi connectivity index (χ2n) is 7.08. The second-order valence-corrected chi connectivity index (χ2v) is 9.68. The van der Waals surface area contributed by atoms with E-state index in [1.807, 2.05) is 29.2 Å². The molecule has 30 heavy (non-hydrogen) atoms. The number of pyridine rings is 1. The molecular formula is C22H20BrN3O3S. The van der Waals surface area contributed by atoms with Crippen molar-refractivity contribution in [2.24, 2.45) is 0 Å². The Labute approximate surface area is 184 Å². The van der Waals surface area contributed by atoms with Crippen molar-refractivity contribution < 1.29 is 13.2 Å². The molecule has 0 aliphatic carbocycles. The molecule has 154 valence electrons. The van der Waals surface area contributed by atoms with E-state index in [2.05, 4.69) is 25.6 Å². The van der Waals surface area contributed by atoms with Crippen LogP contribution in [0.2, 0.25) is 0 Å². The Morgan fingerprint density at radius 2 is 1.80 bits per heavy atom. The molecule has 6 nitrogen and oxygen atoms in total. The van der Waals surface area contributed by atoms with Gasteiger partial charge in [0.1, 0.15) is 0 Å². The van der Waals surface area contributed by atoms with Crippen molar-refractivity contribution in [2.45, 2.75) is 23.8 Å². The minimum absolute atomic E-state index is 0.0202. The first-order valence-corrected chi connectivity index (χ1v) is 11.8. The normalized spacial score (nSPS) is 16.4. The van der Waals surface area contributed by atoms with E-state index in [4.69, 9.17) is 0 Å². The smallest absolute Gasteiger partial charge is 0.261 e. The van der Waals surface area contributed by atoms with E-state index in [0.29, 0.717) is 17.8 Å². The number of amides is 1. The summed E-state index contributed by atoms with van der Waals surface area (Å²) in [6.07, 6.45) is 4.87. The van der Waals surface area contributed by atoms with E-state index in [1.165, 1.54) is 24.5 Å². The molecule has 1 amide bonds. The maximum atomic E-state index is 13.1. The summed E-state index contributed by atoms with van der Waals surface area (Å²) in [6.45, 7) is 0.680. The van der Waals surface area contributed by atoms with Crippen molar-refractivity contribution >= 4 is 37.5 Å². The number of sulfonamides is 1. The average molecular weight is 486 g/mol. The molecule has 1 atom stereocenters. The number of carbonyl (C=O) groups excluding carboxylic acids is 1. The van der Waals surface area contributed by atoms with Gasteiger partial charge < -0.3 is 4.90 Å². The molecule has 2 aromatic carbocycles. The zero-order chi connectivity index (χ0) is 21.1. The minimum atomic E-state index is -3.74. The van der Waals surface area contributed by atoms with Gasteiger partial charge in [0.25, 0.3) is 15.9 Å². The summed E-state index contributed by atoms with van der Waals surface area (Å²) in [4.78, 5) is 18.9. The maximum Gasteiger partial charge on any atom is 0.261 e. The number of halogens is 1. The SMILES string of the molecule is O=C(c1ccc(S(=O)(=O)Nc2ccncc2)cc1)N1CCCC1c1cccc(Br)c1. The summed E-state index contributed by atoms with van der Waals surface area (Å²) in [5, 5.41) is 0. The Hall–Kier alpha value is -2.71. The lowest BCUT2D eigenvalue weighted by molar-refractivity contribution is 0.0735. The van der Waals surface area contributed by atoms with Crippen molar-refractivity contribution in [1.82, 2.24) is 9.88 Å². The van der Waals surface area contributed by atoms with Gasteiger partial charge in [-0.15, -0.1) is 0 Å². The third-order valence-electron chi connectivity index (χ3n) is 5.09. The molecule has 2 heterocycles. The number of likely N-dealkylation sites (tertiary alicyclic amines) is 1. The summed E-state index contributed by atoms with van der Waals surface area (Å²) in [6, 6.07) is 17.2. The van der Waals surface area contributed by atoms with E-state index in [-0.39, 0.29) is 16.8 Å². The Morgan fingerprint density at radius 1 is 1.07 bits per heavy atom. The standard InChI is InChI=1S/C22H20BrN3O3S/c23-18-4-1-3-17(15-18)21-5-2-14-26(21)22(27)16-6-8-20(9-7-16)30(28,29)25-19-10-12-24-13-11-19/h1,3-4,6-13,15,21H,2,5,14H2,(H,24,25).